The van der Waals surface area contributed by atoms with Crippen LogP contribution in [-0.4, -0.2) is 37.2 Å². The van der Waals surface area contributed by atoms with Crippen LogP contribution in [0.1, 0.15) is 48.1 Å². The van der Waals surface area contributed by atoms with E-state index in [1.54, 1.807) is 12.1 Å². The molecule has 0 radical (unpaired) electrons. The third-order valence-corrected chi connectivity index (χ3v) is 5.13. The number of aryl methyl sites for hydroxylation is 1. The second-order valence-corrected chi connectivity index (χ2v) is 8.20. The standard InChI is InChI=1S/C23H26F3NO6/c1-13(2)11-32-22(29)27-8-7-15-10-17(5-6-18(15)19(27)21(28)30-4)31-12-16-9-14(3)33-20(16)23(24,25)26/h5-6,9-10,13,19H,7-8,11-12H2,1-4H3. The van der Waals surface area contributed by atoms with Crippen LogP contribution in [0.4, 0.5) is 18.0 Å². The molecule has 2 aromatic rings. The van der Waals surface area contributed by atoms with Crippen LogP contribution in [0.2, 0.25) is 0 Å². The highest BCUT2D eigenvalue weighted by Gasteiger charge is 2.39. The van der Waals surface area contributed by atoms with E-state index in [4.69, 9.17) is 18.6 Å². The zero-order valence-corrected chi connectivity index (χ0v) is 18.8. The Balaban J connectivity index is 1.80. The maximum absolute atomic E-state index is 13.1. The molecule has 0 fully saturated rings. The van der Waals surface area contributed by atoms with Crippen LogP contribution >= 0.6 is 0 Å². The zero-order valence-electron chi connectivity index (χ0n) is 18.8. The number of esters is 1. The first kappa shape index (κ1) is 24.5. The highest BCUT2D eigenvalue weighted by atomic mass is 19.4. The quantitative estimate of drug-likeness (QED) is 0.551. The molecule has 33 heavy (non-hydrogen) atoms. The summed E-state index contributed by atoms with van der Waals surface area (Å²) in [5.74, 6) is -1.09. The van der Waals surface area contributed by atoms with Gasteiger partial charge in [-0.15, -0.1) is 0 Å². The van der Waals surface area contributed by atoms with E-state index in [9.17, 15) is 22.8 Å². The fraction of sp³-hybridized carbons (Fsp3) is 0.478. The first-order valence-corrected chi connectivity index (χ1v) is 10.4. The van der Waals surface area contributed by atoms with E-state index in [0.29, 0.717) is 17.7 Å². The number of halogens is 3. The van der Waals surface area contributed by atoms with Gasteiger partial charge < -0.3 is 18.6 Å². The van der Waals surface area contributed by atoms with Gasteiger partial charge in [-0.2, -0.15) is 13.2 Å². The van der Waals surface area contributed by atoms with Crippen molar-refractivity contribution in [1.82, 2.24) is 4.90 Å². The van der Waals surface area contributed by atoms with E-state index >= 15 is 0 Å². The molecule has 0 N–H and O–H groups in total. The van der Waals surface area contributed by atoms with E-state index in [0.717, 1.165) is 5.56 Å². The zero-order chi connectivity index (χ0) is 24.3. The number of methoxy groups -OCH3 is 1. The number of hydrogen-bond donors (Lipinski definition) is 0. The van der Waals surface area contributed by atoms with Crippen LogP contribution in [0.25, 0.3) is 0 Å². The van der Waals surface area contributed by atoms with Gasteiger partial charge >= 0.3 is 18.2 Å². The molecular weight excluding hydrogens is 443 g/mol. The van der Waals surface area contributed by atoms with Crippen molar-refractivity contribution in [2.24, 2.45) is 5.92 Å². The molecule has 1 aliphatic heterocycles. The summed E-state index contributed by atoms with van der Waals surface area (Å²) >= 11 is 0. The summed E-state index contributed by atoms with van der Waals surface area (Å²) in [7, 11) is 1.23. The summed E-state index contributed by atoms with van der Waals surface area (Å²) in [5.41, 5.74) is 1.18. The minimum Gasteiger partial charge on any atom is -0.489 e. The van der Waals surface area contributed by atoms with Gasteiger partial charge in [-0.25, -0.2) is 9.59 Å². The topological polar surface area (TPSA) is 78.2 Å². The Morgan fingerprint density at radius 2 is 1.97 bits per heavy atom. The molecule has 0 saturated heterocycles. The Bertz CT molecular complexity index is 1010. The Kier molecular flexibility index (Phi) is 7.24. The number of alkyl halides is 3. The first-order valence-electron chi connectivity index (χ1n) is 10.4. The van der Waals surface area contributed by atoms with Crippen LogP contribution in [0.3, 0.4) is 0 Å². The second-order valence-electron chi connectivity index (χ2n) is 8.20. The molecule has 1 unspecified atom stereocenters. The van der Waals surface area contributed by atoms with Gasteiger partial charge in [0.15, 0.2) is 6.04 Å². The Labute approximate surface area is 189 Å². The summed E-state index contributed by atoms with van der Waals surface area (Å²) < 4.78 is 59.9. The number of fused-ring (bicyclic) bond motifs is 1. The summed E-state index contributed by atoms with van der Waals surface area (Å²) in [6.07, 6.45) is -4.82. The lowest BCUT2D eigenvalue weighted by Crippen LogP contribution is -2.44. The highest BCUT2D eigenvalue weighted by molar-refractivity contribution is 5.84. The third kappa shape index (κ3) is 5.61. The molecule has 10 heteroatoms. The smallest absolute Gasteiger partial charge is 0.449 e. The third-order valence-electron chi connectivity index (χ3n) is 5.13. The van der Waals surface area contributed by atoms with Crippen molar-refractivity contribution >= 4 is 12.1 Å². The number of carbonyl (C=O) groups excluding carboxylic acids is 2. The summed E-state index contributed by atoms with van der Waals surface area (Å²) in [5, 5.41) is 0. The van der Waals surface area contributed by atoms with Gasteiger partial charge in [0.05, 0.1) is 13.7 Å². The number of nitrogens with zero attached hydrogens (tertiary/aromatic N) is 1. The van der Waals surface area contributed by atoms with Gasteiger partial charge in [-0.05, 0) is 48.6 Å². The van der Waals surface area contributed by atoms with Crippen molar-refractivity contribution in [3.05, 3.63) is 52.5 Å². The number of ether oxygens (including phenoxy) is 3. The van der Waals surface area contributed by atoms with Crippen LogP contribution in [-0.2, 0) is 33.5 Å². The number of carbonyl (C=O) groups is 2. The molecular formula is C23H26F3NO6. The van der Waals surface area contributed by atoms with E-state index in [-0.39, 0.29) is 37.0 Å². The van der Waals surface area contributed by atoms with E-state index in [1.165, 1.54) is 31.1 Å². The average molecular weight is 469 g/mol. The molecule has 1 aliphatic rings. The number of furan rings is 1. The van der Waals surface area contributed by atoms with E-state index in [1.807, 2.05) is 13.8 Å². The van der Waals surface area contributed by atoms with Gasteiger partial charge in [0, 0.05) is 12.1 Å². The van der Waals surface area contributed by atoms with E-state index in [2.05, 4.69) is 0 Å². The predicted octanol–water partition coefficient (Wildman–Crippen LogP) is 5.05. The van der Waals surface area contributed by atoms with Crippen molar-refractivity contribution in [3.63, 3.8) is 0 Å². The number of hydrogen-bond acceptors (Lipinski definition) is 6. The minimum atomic E-state index is -4.62. The molecule has 1 atom stereocenters. The summed E-state index contributed by atoms with van der Waals surface area (Å²) in [6, 6.07) is 5.11. The van der Waals surface area contributed by atoms with Gasteiger partial charge in [0.2, 0.25) is 5.76 Å². The molecule has 1 aromatic carbocycles. The van der Waals surface area contributed by atoms with Gasteiger partial charge in [-0.3, -0.25) is 4.90 Å². The number of amides is 1. The molecule has 0 aliphatic carbocycles. The molecule has 180 valence electrons. The minimum absolute atomic E-state index is 0.107. The first-order chi connectivity index (χ1) is 15.5. The lowest BCUT2D eigenvalue weighted by molar-refractivity contribution is -0.154. The van der Waals surface area contributed by atoms with Crippen molar-refractivity contribution < 1.29 is 41.4 Å². The van der Waals surface area contributed by atoms with Gasteiger partial charge in [-0.1, -0.05) is 19.9 Å². The van der Waals surface area contributed by atoms with Crippen LogP contribution in [0.15, 0.2) is 28.7 Å². The molecule has 7 nitrogen and oxygen atoms in total. The largest absolute Gasteiger partial charge is 0.489 e. The van der Waals surface area contributed by atoms with Crippen LogP contribution in [0, 0.1) is 12.8 Å². The Morgan fingerprint density at radius 3 is 2.61 bits per heavy atom. The van der Waals surface area contributed by atoms with Crippen molar-refractivity contribution in [2.45, 2.75) is 46.0 Å². The molecule has 1 amide bonds. The Morgan fingerprint density at radius 1 is 1.24 bits per heavy atom. The Hall–Kier alpha value is -3.17. The lowest BCUT2D eigenvalue weighted by Gasteiger charge is -2.35. The normalized spacial score (nSPS) is 15.9. The monoisotopic (exact) mass is 469 g/mol. The fourth-order valence-electron chi connectivity index (χ4n) is 3.65. The molecule has 2 heterocycles. The van der Waals surface area contributed by atoms with Gasteiger partial charge in [0.1, 0.15) is 18.1 Å². The highest BCUT2D eigenvalue weighted by Crippen LogP contribution is 2.36. The fourth-order valence-corrected chi connectivity index (χ4v) is 3.65. The van der Waals surface area contributed by atoms with Crippen molar-refractivity contribution in [3.8, 4) is 5.75 Å². The predicted molar refractivity (Wildman–Crippen MR) is 111 cm³/mol. The molecule has 3 rings (SSSR count). The molecule has 1 aromatic heterocycles. The van der Waals surface area contributed by atoms with E-state index < -0.39 is 30.0 Å². The van der Waals surface area contributed by atoms with Crippen molar-refractivity contribution in [1.29, 1.82) is 0 Å². The maximum atomic E-state index is 13.1. The average Bonchev–Trinajstić information content (AvgIpc) is 3.15. The van der Waals surface area contributed by atoms with Crippen LogP contribution in [0.5, 0.6) is 5.75 Å². The molecule has 0 bridgehead atoms. The SMILES string of the molecule is COC(=O)C1c2ccc(OCc3cc(C)oc3C(F)(F)F)cc2CCN1C(=O)OCC(C)C. The lowest BCUT2D eigenvalue weighted by atomic mass is 9.92. The number of rotatable bonds is 6. The van der Waals surface area contributed by atoms with Gasteiger partial charge in [0.25, 0.3) is 0 Å². The summed E-state index contributed by atoms with van der Waals surface area (Å²) in [6.45, 7) is 5.34. The van der Waals surface area contributed by atoms with Crippen LogP contribution < -0.4 is 4.74 Å². The number of benzene rings is 1. The van der Waals surface area contributed by atoms with Crippen molar-refractivity contribution in [2.75, 3.05) is 20.3 Å². The molecule has 0 saturated carbocycles. The summed E-state index contributed by atoms with van der Waals surface area (Å²) in [4.78, 5) is 26.4. The molecule has 0 spiro atoms. The maximum Gasteiger partial charge on any atom is 0.449 e. The second kappa shape index (κ2) is 9.76.